The molecule has 78 valence electrons. The molecule has 0 aliphatic heterocycles. The average Bonchev–Trinajstić information content (AvgIpc) is 2.12. The van der Waals surface area contributed by atoms with Gasteiger partial charge in [-0.3, -0.25) is 4.79 Å². The summed E-state index contributed by atoms with van der Waals surface area (Å²) < 4.78 is 0. The predicted octanol–water partition coefficient (Wildman–Crippen LogP) is 1.91. The largest absolute Gasteiger partial charge is 0.355 e. The van der Waals surface area contributed by atoms with Crippen molar-refractivity contribution in [3.05, 3.63) is 0 Å². The van der Waals surface area contributed by atoms with Gasteiger partial charge in [0, 0.05) is 6.54 Å². The predicted molar refractivity (Wildman–Crippen MR) is 63.8 cm³/mol. The van der Waals surface area contributed by atoms with Crippen molar-refractivity contribution >= 4 is 31.2 Å². The molecule has 1 amide bonds. The number of nitrogens with one attached hydrogen (secondary N) is 1. The number of carbonyl (C=O) groups is 1. The molecule has 0 aliphatic rings. The molecule has 0 fully saturated rings. The van der Waals surface area contributed by atoms with E-state index in [1.165, 1.54) is 0 Å². The maximum absolute atomic E-state index is 11.3. The van der Waals surface area contributed by atoms with Crippen LogP contribution in [-0.2, 0) is 4.79 Å². The molecule has 0 heterocycles. The van der Waals surface area contributed by atoms with Crippen molar-refractivity contribution < 1.29 is 4.79 Å². The molecule has 0 saturated heterocycles. The van der Waals surface area contributed by atoms with E-state index in [-0.39, 0.29) is 11.2 Å². The van der Waals surface area contributed by atoms with Crippen molar-refractivity contribution in [3.63, 3.8) is 0 Å². The average molecular weight is 221 g/mol. The molecule has 0 aromatic rings. The van der Waals surface area contributed by atoms with E-state index in [1.807, 2.05) is 0 Å². The molecular formula is C9H19NOS2. The molecule has 0 aliphatic carbocycles. The highest BCUT2D eigenvalue weighted by Gasteiger charge is 2.10. The van der Waals surface area contributed by atoms with Crippen LogP contribution < -0.4 is 5.32 Å². The molecule has 1 atom stereocenters. The molecule has 1 unspecified atom stereocenters. The summed E-state index contributed by atoms with van der Waals surface area (Å²) in [6.07, 6.45) is 3.90. The van der Waals surface area contributed by atoms with Crippen molar-refractivity contribution in [2.75, 3.05) is 12.3 Å². The van der Waals surface area contributed by atoms with Gasteiger partial charge in [-0.25, -0.2) is 0 Å². The number of amides is 1. The fourth-order valence-corrected chi connectivity index (χ4v) is 1.54. The summed E-state index contributed by atoms with van der Waals surface area (Å²) >= 11 is 8.29. The molecular weight excluding hydrogens is 202 g/mol. The Morgan fingerprint density at radius 1 is 1.46 bits per heavy atom. The van der Waals surface area contributed by atoms with Gasteiger partial charge >= 0.3 is 0 Å². The lowest BCUT2D eigenvalue weighted by atomic mass is 10.2. The second kappa shape index (κ2) is 8.75. The summed E-state index contributed by atoms with van der Waals surface area (Å²) in [6, 6.07) is 0. The topological polar surface area (TPSA) is 29.1 Å². The molecule has 2 nitrogen and oxygen atoms in total. The van der Waals surface area contributed by atoms with Crippen LogP contribution in [0.5, 0.6) is 0 Å². The van der Waals surface area contributed by atoms with Crippen molar-refractivity contribution in [1.82, 2.24) is 5.32 Å². The summed E-state index contributed by atoms with van der Waals surface area (Å²) in [6.45, 7) is 2.80. The minimum Gasteiger partial charge on any atom is -0.355 e. The van der Waals surface area contributed by atoms with Crippen LogP contribution >= 0.6 is 25.3 Å². The molecule has 0 rings (SSSR count). The molecule has 0 aromatic carbocycles. The first-order valence-electron chi connectivity index (χ1n) is 4.79. The number of hydrogen-bond acceptors (Lipinski definition) is 3. The Kier molecular flexibility index (Phi) is 8.87. The van der Waals surface area contributed by atoms with Crippen LogP contribution in [0, 0.1) is 0 Å². The van der Waals surface area contributed by atoms with E-state index in [0.29, 0.717) is 0 Å². The van der Waals surface area contributed by atoms with Gasteiger partial charge < -0.3 is 5.32 Å². The smallest absolute Gasteiger partial charge is 0.232 e. The molecule has 4 heteroatoms. The van der Waals surface area contributed by atoms with Gasteiger partial charge in [0.1, 0.15) is 0 Å². The second-order valence-electron chi connectivity index (χ2n) is 3.03. The number of rotatable bonds is 7. The van der Waals surface area contributed by atoms with Gasteiger partial charge in [0.05, 0.1) is 5.25 Å². The Morgan fingerprint density at radius 2 is 2.15 bits per heavy atom. The fraction of sp³-hybridized carbons (Fsp3) is 0.889. The first-order valence-corrected chi connectivity index (χ1v) is 5.93. The number of carbonyl (C=O) groups excluding carboxylic acids is 1. The molecule has 13 heavy (non-hydrogen) atoms. The third-order valence-corrected chi connectivity index (χ3v) is 2.56. The van der Waals surface area contributed by atoms with Gasteiger partial charge in [-0.1, -0.05) is 13.3 Å². The zero-order valence-corrected chi connectivity index (χ0v) is 9.91. The zero-order valence-electron chi connectivity index (χ0n) is 8.12. The minimum absolute atomic E-state index is 0.0596. The molecule has 0 bridgehead atoms. The van der Waals surface area contributed by atoms with Gasteiger partial charge in [-0.2, -0.15) is 25.3 Å². The van der Waals surface area contributed by atoms with Gasteiger partial charge in [0.2, 0.25) is 5.91 Å². The molecule has 1 N–H and O–H groups in total. The molecule has 0 spiro atoms. The highest BCUT2D eigenvalue weighted by molar-refractivity contribution is 7.81. The lowest BCUT2D eigenvalue weighted by molar-refractivity contribution is -0.120. The second-order valence-corrected chi connectivity index (χ2v) is 4.10. The van der Waals surface area contributed by atoms with Crippen LogP contribution in [0.3, 0.4) is 0 Å². The maximum atomic E-state index is 11.3. The van der Waals surface area contributed by atoms with Crippen LogP contribution in [0.25, 0.3) is 0 Å². The lowest BCUT2D eigenvalue weighted by Crippen LogP contribution is -2.32. The number of thiol groups is 2. The first-order chi connectivity index (χ1) is 6.22. The van der Waals surface area contributed by atoms with Gasteiger partial charge in [-0.05, 0) is 25.0 Å². The Bertz CT molecular complexity index is 142. The Labute approximate surface area is 91.7 Å². The van der Waals surface area contributed by atoms with Crippen LogP contribution in [-0.4, -0.2) is 23.5 Å². The van der Waals surface area contributed by atoms with E-state index in [1.54, 1.807) is 0 Å². The van der Waals surface area contributed by atoms with Gasteiger partial charge in [0.15, 0.2) is 0 Å². The van der Waals surface area contributed by atoms with Crippen LogP contribution in [0.4, 0.5) is 0 Å². The van der Waals surface area contributed by atoms with Crippen molar-refractivity contribution in [2.45, 2.75) is 37.9 Å². The van der Waals surface area contributed by atoms with E-state index in [4.69, 9.17) is 0 Å². The molecule has 0 radical (unpaired) electrons. The summed E-state index contributed by atoms with van der Waals surface area (Å²) in [5.41, 5.74) is 0. The third-order valence-electron chi connectivity index (χ3n) is 1.75. The lowest BCUT2D eigenvalue weighted by Gasteiger charge is -2.09. The summed E-state index contributed by atoms with van der Waals surface area (Å²) in [5, 5.41) is 2.71. The Balaban J connectivity index is 3.38. The van der Waals surface area contributed by atoms with Crippen molar-refractivity contribution in [2.24, 2.45) is 0 Å². The first kappa shape index (κ1) is 13.2. The third kappa shape index (κ3) is 7.26. The molecule has 0 saturated carbocycles. The van der Waals surface area contributed by atoms with E-state index in [0.717, 1.165) is 38.0 Å². The van der Waals surface area contributed by atoms with Gasteiger partial charge in [-0.15, -0.1) is 0 Å². The van der Waals surface area contributed by atoms with E-state index in [2.05, 4.69) is 37.5 Å². The quantitative estimate of drug-likeness (QED) is 0.445. The Morgan fingerprint density at radius 3 is 2.69 bits per heavy atom. The minimum atomic E-state index is -0.138. The number of hydrogen-bond donors (Lipinski definition) is 3. The summed E-state index contributed by atoms with van der Waals surface area (Å²) in [7, 11) is 0. The number of unbranched alkanes of at least 4 members (excludes halogenated alkanes) is 1. The standard InChI is InChI=1S/C9H19NOS2/c1-2-5-8(13)9(11)10-6-3-4-7-12/h8,12-13H,2-7H2,1H3,(H,10,11). The SMILES string of the molecule is CCCC(S)C(=O)NCCCCS. The maximum Gasteiger partial charge on any atom is 0.232 e. The monoisotopic (exact) mass is 221 g/mol. The van der Waals surface area contributed by atoms with E-state index < -0.39 is 0 Å². The summed E-state index contributed by atoms with van der Waals surface area (Å²) in [4.78, 5) is 11.3. The van der Waals surface area contributed by atoms with Crippen LogP contribution in [0.2, 0.25) is 0 Å². The Hall–Kier alpha value is 0.170. The molecule has 0 aromatic heterocycles. The highest BCUT2D eigenvalue weighted by Crippen LogP contribution is 2.03. The van der Waals surface area contributed by atoms with E-state index >= 15 is 0 Å². The van der Waals surface area contributed by atoms with Crippen molar-refractivity contribution in [1.29, 1.82) is 0 Å². The van der Waals surface area contributed by atoms with Crippen LogP contribution in [0.15, 0.2) is 0 Å². The fourth-order valence-electron chi connectivity index (χ4n) is 0.971. The summed E-state index contributed by atoms with van der Waals surface area (Å²) in [5.74, 6) is 0.944. The zero-order chi connectivity index (χ0) is 10.1. The van der Waals surface area contributed by atoms with Crippen molar-refractivity contribution in [3.8, 4) is 0 Å². The van der Waals surface area contributed by atoms with E-state index in [9.17, 15) is 4.79 Å². The van der Waals surface area contributed by atoms with Crippen LogP contribution in [0.1, 0.15) is 32.6 Å². The highest BCUT2D eigenvalue weighted by atomic mass is 32.1. The normalized spacial score (nSPS) is 12.5. The van der Waals surface area contributed by atoms with Gasteiger partial charge in [0.25, 0.3) is 0 Å².